The van der Waals surface area contributed by atoms with Gasteiger partial charge >= 0.3 is 0 Å². The summed E-state index contributed by atoms with van der Waals surface area (Å²) in [5, 5.41) is 4.51. The summed E-state index contributed by atoms with van der Waals surface area (Å²) in [6.45, 7) is 6.61. The van der Waals surface area contributed by atoms with Gasteiger partial charge in [-0.1, -0.05) is 6.42 Å². The summed E-state index contributed by atoms with van der Waals surface area (Å²) < 4.78 is 2.01. The van der Waals surface area contributed by atoms with E-state index in [0.29, 0.717) is 5.91 Å². The van der Waals surface area contributed by atoms with Crippen molar-refractivity contribution in [2.45, 2.75) is 58.0 Å². The second-order valence-corrected chi connectivity index (χ2v) is 6.72. The van der Waals surface area contributed by atoms with Gasteiger partial charge in [0, 0.05) is 13.1 Å². The van der Waals surface area contributed by atoms with Crippen molar-refractivity contribution in [1.29, 1.82) is 0 Å². The number of hydrogen-bond acceptors (Lipinski definition) is 4. The highest BCUT2D eigenvalue weighted by Gasteiger charge is 2.33. The number of nitrogens with zero attached hydrogens (tertiary/aromatic N) is 5. The smallest absolute Gasteiger partial charge is 0.239 e. The minimum absolute atomic E-state index is 0.0751. The zero-order chi connectivity index (χ0) is 15.7. The molecule has 2 aliphatic rings. The minimum Gasteiger partial charge on any atom is -0.339 e. The number of aromatic nitrogens is 3. The van der Waals surface area contributed by atoms with Crippen molar-refractivity contribution in [3.8, 4) is 0 Å². The lowest BCUT2D eigenvalue weighted by atomic mass is 9.99. The van der Waals surface area contributed by atoms with Gasteiger partial charge in [0.05, 0.1) is 12.1 Å². The number of likely N-dealkylation sites (N-methyl/N-ethyl adjacent to an activating group) is 1. The van der Waals surface area contributed by atoms with Gasteiger partial charge in [-0.2, -0.15) is 5.10 Å². The van der Waals surface area contributed by atoms with Crippen molar-refractivity contribution in [1.82, 2.24) is 24.6 Å². The number of carbonyl (C=O) groups is 1. The maximum Gasteiger partial charge on any atom is 0.239 e. The van der Waals surface area contributed by atoms with Crippen LogP contribution < -0.4 is 0 Å². The molecule has 3 heterocycles. The summed E-state index contributed by atoms with van der Waals surface area (Å²) in [5.74, 6) is 2.07. The van der Waals surface area contributed by atoms with Crippen molar-refractivity contribution in [2.24, 2.45) is 0 Å². The quantitative estimate of drug-likeness (QED) is 0.832. The first kappa shape index (κ1) is 15.5. The summed E-state index contributed by atoms with van der Waals surface area (Å²) in [7, 11) is 2.08. The molecule has 0 saturated carbocycles. The molecule has 3 rings (SSSR count). The highest BCUT2D eigenvalue weighted by atomic mass is 16.2. The topological polar surface area (TPSA) is 54.3 Å². The Morgan fingerprint density at radius 2 is 1.95 bits per heavy atom. The lowest BCUT2D eigenvalue weighted by Gasteiger charge is -2.39. The normalized spacial score (nSPS) is 27.1. The van der Waals surface area contributed by atoms with Crippen molar-refractivity contribution in [3.63, 3.8) is 0 Å². The Hall–Kier alpha value is -1.43. The van der Waals surface area contributed by atoms with Crippen molar-refractivity contribution >= 4 is 5.91 Å². The number of likely N-dealkylation sites (tertiary alicyclic amines) is 2. The third kappa shape index (κ3) is 3.02. The fourth-order valence-electron chi connectivity index (χ4n) is 3.83. The summed E-state index contributed by atoms with van der Waals surface area (Å²) >= 11 is 0. The SMILES string of the molecule is Cc1nc(C)n([C@H]2CCCN(C(=O)[C@@H]3CCCCN3C)C2)n1. The van der Waals surface area contributed by atoms with Crippen LogP contribution in [0.2, 0.25) is 0 Å². The molecule has 2 saturated heterocycles. The summed E-state index contributed by atoms with van der Waals surface area (Å²) in [5.41, 5.74) is 0. The molecule has 2 aliphatic heterocycles. The molecule has 0 aromatic carbocycles. The third-order valence-corrected chi connectivity index (χ3v) is 5.02. The zero-order valence-electron chi connectivity index (χ0n) is 14.0. The summed E-state index contributed by atoms with van der Waals surface area (Å²) in [4.78, 5) is 21.5. The Labute approximate surface area is 132 Å². The second-order valence-electron chi connectivity index (χ2n) is 6.72. The van der Waals surface area contributed by atoms with Crippen molar-refractivity contribution < 1.29 is 4.79 Å². The van der Waals surface area contributed by atoms with E-state index in [1.54, 1.807) is 0 Å². The van der Waals surface area contributed by atoms with Crippen molar-refractivity contribution in [3.05, 3.63) is 11.6 Å². The zero-order valence-corrected chi connectivity index (χ0v) is 14.0. The predicted molar refractivity (Wildman–Crippen MR) is 84.6 cm³/mol. The lowest BCUT2D eigenvalue weighted by Crippen LogP contribution is -2.52. The van der Waals surface area contributed by atoms with Gasteiger partial charge in [0.2, 0.25) is 5.91 Å². The average molecular weight is 305 g/mol. The van der Waals surface area contributed by atoms with E-state index in [0.717, 1.165) is 50.5 Å². The fraction of sp³-hybridized carbons (Fsp3) is 0.812. The molecule has 0 N–H and O–H groups in total. The molecule has 0 aliphatic carbocycles. The molecule has 6 heteroatoms. The molecule has 1 amide bonds. The van der Waals surface area contributed by atoms with Crippen LogP contribution in [0.15, 0.2) is 0 Å². The Morgan fingerprint density at radius 1 is 1.14 bits per heavy atom. The lowest BCUT2D eigenvalue weighted by molar-refractivity contribution is -0.139. The number of rotatable bonds is 2. The van der Waals surface area contributed by atoms with Crippen LogP contribution in [0.3, 0.4) is 0 Å². The van der Waals surface area contributed by atoms with E-state index in [1.165, 1.54) is 12.8 Å². The highest BCUT2D eigenvalue weighted by molar-refractivity contribution is 5.82. The Morgan fingerprint density at radius 3 is 2.64 bits per heavy atom. The molecular weight excluding hydrogens is 278 g/mol. The van der Waals surface area contributed by atoms with Gasteiger partial charge in [-0.3, -0.25) is 9.69 Å². The molecule has 0 bridgehead atoms. The number of carbonyl (C=O) groups excluding carboxylic acids is 1. The minimum atomic E-state index is 0.0751. The number of amides is 1. The molecule has 0 unspecified atom stereocenters. The predicted octanol–water partition coefficient (Wildman–Crippen LogP) is 1.54. The van der Waals surface area contributed by atoms with E-state index < -0.39 is 0 Å². The molecule has 0 spiro atoms. The van der Waals surface area contributed by atoms with Gasteiger partial charge in [-0.15, -0.1) is 0 Å². The maximum atomic E-state index is 12.9. The Bertz CT molecular complexity index is 541. The van der Waals surface area contributed by atoms with Gasteiger partial charge in [0.15, 0.2) is 0 Å². The molecule has 22 heavy (non-hydrogen) atoms. The summed E-state index contributed by atoms with van der Waals surface area (Å²) in [6.07, 6.45) is 5.50. The van der Waals surface area contributed by atoms with Crippen LogP contribution in [-0.4, -0.2) is 63.2 Å². The average Bonchev–Trinajstić information content (AvgIpc) is 2.86. The van der Waals surface area contributed by atoms with E-state index in [1.807, 2.05) is 18.5 Å². The Kier molecular flexibility index (Phi) is 4.47. The largest absolute Gasteiger partial charge is 0.339 e. The van der Waals surface area contributed by atoms with Crippen LogP contribution >= 0.6 is 0 Å². The van der Waals surface area contributed by atoms with E-state index in [4.69, 9.17) is 0 Å². The van der Waals surface area contributed by atoms with Crippen molar-refractivity contribution in [2.75, 3.05) is 26.7 Å². The maximum absolute atomic E-state index is 12.9. The van der Waals surface area contributed by atoms with E-state index in [2.05, 4.69) is 26.9 Å². The van der Waals surface area contributed by atoms with Crippen LogP contribution in [0.25, 0.3) is 0 Å². The van der Waals surface area contributed by atoms with Crippen LogP contribution in [0.5, 0.6) is 0 Å². The van der Waals surface area contributed by atoms with Gasteiger partial charge in [-0.25, -0.2) is 9.67 Å². The molecule has 0 radical (unpaired) electrons. The second kappa shape index (κ2) is 6.36. The van der Waals surface area contributed by atoms with Crippen LogP contribution in [0.4, 0.5) is 0 Å². The molecule has 2 fully saturated rings. The van der Waals surface area contributed by atoms with Gasteiger partial charge < -0.3 is 4.90 Å². The van der Waals surface area contributed by atoms with Gasteiger partial charge in [-0.05, 0) is 53.1 Å². The molecule has 1 aromatic heterocycles. The van der Waals surface area contributed by atoms with Crippen LogP contribution in [0, 0.1) is 13.8 Å². The van der Waals surface area contributed by atoms with Gasteiger partial charge in [0.1, 0.15) is 11.6 Å². The molecule has 2 atom stereocenters. The first-order chi connectivity index (χ1) is 10.6. The third-order valence-electron chi connectivity index (χ3n) is 5.02. The highest BCUT2D eigenvalue weighted by Crippen LogP contribution is 2.25. The molecule has 122 valence electrons. The Balaban J connectivity index is 1.70. The van der Waals surface area contributed by atoms with E-state index in [-0.39, 0.29) is 12.1 Å². The monoisotopic (exact) mass is 305 g/mol. The summed E-state index contributed by atoms with van der Waals surface area (Å²) in [6, 6.07) is 0.346. The van der Waals surface area contributed by atoms with Crippen LogP contribution in [0.1, 0.15) is 49.8 Å². The van der Waals surface area contributed by atoms with Gasteiger partial charge in [0.25, 0.3) is 0 Å². The van der Waals surface area contributed by atoms with E-state index >= 15 is 0 Å². The molecular formula is C16H27N5O. The number of hydrogen-bond donors (Lipinski definition) is 0. The fourth-order valence-corrected chi connectivity index (χ4v) is 3.83. The molecule has 1 aromatic rings. The first-order valence-electron chi connectivity index (χ1n) is 8.45. The van der Waals surface area contributed by atoms with Crippen LogP contribution in [-0.2, 0) is 4.79 Å². The standard InChI is InChI=1S/C16H27N5O/c1-12-17-13(2)21(18-12)14-7-6-10-20(11-14)16(22)15-8-4-5-9-19(15)3/h14-15H,4-11H2,1-3H3/t14-,15-/m0/s1. The molecule has 6 nitrogen and oxygen atoms in total. The van der Waals surface area contributed by atoms with E-state index in [9.17, 15) is 4.79 Å². The first-order valence-corrected chi connectivity index (χ1v) is 8.45. The number of piperidine rings is 2. The number of aryl methyl sites for hydroxylation is 2.